The van der Waals surface area contributed by atoms with Crippen LogP contribution in [0.1, 0.15) is 0 Å². The van der Waals surface area contributed by atoms with Gasteiger partial charge < -0.3 is 9.84 Å². The number of H-pyrrole nitrogens is 1. The molecule has 7 nitrogen and oxygen atoms in total. The first-order chi connectivity index (χ1) is 9.02. The van der Waals surface area contributed by atoms with Gasteiger partial charge in [0.05, 0.1) is 7.11 Å². The van der Waals surface area contributed by atoms with Crippen molar-refractivity contribution >= 4 is 5.97 Å². The number of aromatic amines is 1. The van der Waals surface area contributed by atoms with Crippen LogP contribution < -0.4 is 10.4 Å². The van der Waals surface area contributed by atoms with Crippen molar-refractivity contribution in [2.45, 2.75) is 6.54 Å². The fraction of sp³-hybridized carbons (Fsp3) is 0.182. The lowest BCUT2D eigenvalue weighted by Gasteiger charge is -2.06. The molecule has 19 heavy (non-hydrogen) atoms. The van der Waals surface area contributed by atoms with E-state index in [2.05, 4.69) is 10.2 Å². The minimum absolute atomic E-state index is 0.0187. The van der Waals surface area contributed by atoms with Crippen LogP contribution >= 0.6 is 0 Å². The molecule has 8 heteroatoms. The van der Waals surface area contributed by atoms with E-state index in [1.165, 1.54) is 19.2 Å². The highest BCUT2D eigenvalue weighted by molar-refractivity contribution is 5.68. The summed E-state index contributed by atoms with van der Waals surface area (Å²) in [5, 5.41) is 14.6. The lowest BCUT2D eigenvalue weighted by atomic mass is 10.2. The normalized spacial score (nSPS) is 10.4. The van der Waals surface area contributed by atoms with Gasteiger partial charge in [0.1, 0.15) is 6.54 Å². The topological polar surface area (TPSA) is 97.2 Å². The Balaban J connectivity index is 2.53. The first-order valence-electron chi connectivity index (χ1n) is 5.24. The van der Waals surface area contributed by atoms with Crippen molar-refractivity contribution in [2.75, 3.05) is 7.11 Å². The molecule has 0 aliphatic carbocycles. The molecular weight excluding hydrogens is 257 g/mol. The van der Waals surface area contributed by atoms with E-state index in [4.69, 9.17) is 9.84 Å². The fourth-order valence-electron chi connectivity index (χ4n) is 1.62. The van der Waals surface area contributed by atoms with Crippen molar-refractivity contribution in [3.63, 3.8) is 0 Å². The number of carbonyl (C=O) groups is 1. The predicted octanol–water partition coefficient (Wildman–Crippen LogP) is 0.471. The van der Waals surface area contributed by atoms with Gasteiger partial charge in [0.15, 0.2) is 17.4 Å². The SMILES string of the molecule is COc1cc(-c2n[nH]c(=O)n2CC(=O)O)ccc1F. The van der Waals surface area contributed by atoms with E-state index in [9.17, 15) is 14.0 Å². The second-order valence-electron chi connectivity index (χ2n) is 3.68. The molecule has 100 valence electrons. The molecule has 1 heterocycles. The quantitative estimate of drug-likeness (QED) is 0.839. The number of hydrogen-bond acceptors (Lipinski definition) is 4. The molecule has 1 aromatic heterocycles. The number of hydrogen-bond donors (Lipinski definition) is 2. The van der Waals surface area contributed by atoms with Crippen LogP contribution in [0.3, 0.4) is 0 Å². The number of aliphatic carboxylic acids is 1. The largest absolute Gasteiger partial charge is 0.494 e. The third kappa shape index (κ3) is 2.46. The van der Waals surface area contributed by atoms with Crippen LogP contribution in [-0.4, -0.2) is 33.0 Å². The van der Waals surface area contributed by atoms with Crippen LogP contribution in [0.5, 0.6) is 5.75 Å². The number of methoxy groups -OCH3 is 1. The summed E-state index contributed by atoms with van der Waals surface area (Å²) >= 11 is 0. The highest BCUT2D eigenvalue weighted by atomic mass is 19.1. The summed E-state index contributed by atoms with van der Waals surface area (Å²) < 4.78 is 19.0. The van der Waals surface area contributed by atoms with Crippen LogP contribution in [0.15, 0.2) is 23.0 Å². The molecule has 0 amide bonds. The summed E-state index contributed by atoms with van der Waals surface area (Å²) in [4.78, 5) is 22.1. The Morgan fingerprint density at radius 3 is 2.95 bits per heavy atom. The Morgan fingerprint density at radius 2 is 2.32 bits per heavy atom. The summed E-state index contributed by atoms with van der Waals surface area (Å²) in [5.74, 6) is -1.66. The van der Waals surface area contributed by atoms with E-state index in [-0.39, 0.29) is 11.6 Å². The molecule has 0 saturated carbocycles. The smallest absolute Gasteiger partial charge is 0.344 e. The van der Waals surface area contributed by atoms with E-state index < -0.39 is 24.0 Å². The molecule has 2 rings (SSSR count). The third-order valence-corrected chi connectivity index (χ3v) is 2.46. The van der Waals surface area contributed by atoms with Crippen LogP contribution in [0, 0.1) is 5.82 Å². The van der Waals surface area contributed by atoms with Gasteiger partial charge in [-0.1, -0.05) is 0 Å². The van der Waals surface area contributed by atoms with Gasteiger partial charge in [0.25, 0.3) is 0 Å². The molecule has 0 aliphatic heterocycles. The monoisotopic (exact) mass is 267 g/mol. The zero-order chi connectivity index (χ0) is 14.0. The van der Waals surface area contributed by atoms with Crippen LogP contribution in [-0.2, 0) is 11.3 Å². The summed E-state index contributed by atoms with van der Waals surface area (Å²) in [5.41, 5.74) is -0.279. The summed E-state index contributed by atoms with van der Waals surface area (Å²) in [6, 6.07) is 3.87. The maximum atomic E-state index is 13.3. The Kier molecular flexibility index (Phi) is 3.32. The lowest BCUT2D eigenvalue weighted by Crippen LogP contribution is -2.22. The minimum Gasteiger partial charge on any atom is -0.494 e. The molecule has 0 atom stereocenters. The number of carboxylic acid groups (broad SMARTS) is 1. The predicted molar refractivity (Wildman–Crippen MR) is 62.4 cm³/mol. The first-order valence-corrected chi connectivity index (χ1v) is 5.24. The number of rotatable bonds is 4. The first kappa shape index (κ1) is 12.8. The highest BCUT2D eigenvalue weighted by Crippen LogP contribution is 2.24. The van der Waals surface area contributed by atoms with E-state index in [1.54, 1.807) is 0 Å². The summed E-state index contributed by atoms with van der Waals surface area (Å²) in [6.07, 6.45) is 0. The Hall–Kier alpha value is -2.64. The number of ether oxygens (including phenoxy) is 1. The lowest BCUT2D eigenvalue weighted by molar-refractivity contribution is -0.137. The molecule has 0 saturated heterocycles. The molecule has 1 aromatic carbocycles. The van der Waals surface area contributed by atoms with E-state index in [1.807, 2.05) is 0 Å². The van der Waals surface area contributed by atoms with Crippen molar-refractivity contribution in [3.8, 4) is 17.1 Å². The summed E-state index contributed by atoms with van der Waals surface area (Å²) in [7, 11) is 1.30. The molecule has 0 aliphatic rings. The Morgan fingerprint density at radius 1 is 1.58 bits per heavy atom. The van der Waals surface area contributed by atoms with Crippen molar-refractivity contribution in [1.82, 2.24) is 14.8 Å². The van der Waals surface area contributed by atoms with Crippen molar-refractivity contribution in [3.05, 3.63) is 34.5 Å². The molecule has 0 unspecified atom stereocenters. The van der Waals surface area contributed by atoms with Gasteiger partial charge in [-0.2, -0.15) is 5.10 Å². The van der Waals surface area contributed by atoms with Gasteiger partial charge in [-0.05, 0) is 18.2 Å². The Labute approximate surface area is 106 Å². The second kappa shape index (κ2) is 4.92. The maximum absolute atomic E-state index is 13.3. The highest BCUT2D eigenvalue weighted by Gasteiger charge is 2.15. The van der Waals surface area contributed by atoms with Gasteiger partial charge in [-0.3, -0.25) is 9.36 Å². The molecule has 0 spiro atoms. The number of carboxylic acids is 1. The molecule has 2 aromatic rings. The Bertz CT molecular complexity index is 677. The second-order valence-corrected chi connectivity index (χ2v) is 3.68. The zero-order valence-corrected chi connectivity index (χ0v) is 9.88. The van der Waals surface area contributed by atoms with Gasteiger partial charge in [0.2, 0.25) is 0 Å². The zero-order valence-electron chi connectivity index (χ0n) is 9.88. The average molecular weight is 267 g/mol. The number of nitrogens with one attached hydrogen (secondary N) is 1. The number of benzene rings is 1. The van der Waals surface area contributed by atoms with Crippen molar-refractivity contribution in [2.24, 2.45) is 0 Å². The number of aromatic nitrogens is 3. The minimum atomic E-state index is -1.18. The van der Waals surface area contributed by atoms with Crippen LogP contribution in [0.2, 0.25) is 0 Å². The number of halogens is 1. The number of nitrogens with zero attached hydrogens (tertiary/aromatic N) is 2. The van der Waals surface area contributed by atoms with E-state index >= 15 is 0 Å². The van der Waals surface area contributed by atoms with Gasteiger partial charge in [-0.15, -0.1) is 0 Å². The van der Waals surface area contributed by atoms with Crippen molar-refractivity contribution < 1.29 is 19.0 Å². The standard InChI is InChI=1S/C11H10FN3O4/c1-19-8-4-6(2-3-7(8)12)10-13-14-11(18)15(10)5-9(16)17/h2-4H,5H2,1H3,(H,14,18)(H,16,17). The van der Waals surface area contributed by atoms with Gasteiger partial charge in [0, 0.05) is 5.56 Å². The molecule has 2 N–H and O–H groups in total. The van der Waals surface area contributed by atoms with Crippen LogP contribution in [0.25, 0.3) is 11.4 Å². The van der Waals surface area contributed by atoms with Gasteiger partial charge in [-0.25, -0.2) is 14.3 Å². The molecule has 0 bridgehead atoms. The molecule has 0 fully saturated rings. The van der Waals surface area contributed by atoms with E-state index in [0.717, 1.165) is 10.6 Å². The molecular formula is C11H10FN3O4. The third-order valence-electron chi connectivity index (χ3n) is 2.46. The summed E-state index contributed by atoms with van der Waals surface area (Å²) in [6.45, 7) is -0.537. The van der Waals surface area contributed by atoms with Crippen molar-refractivity contribution in [1.29, 1.82) is 0 Å². The molecule has 0 radical (unpaired) electrons. The van der Waals surface area contributed by atoms with Gasteiger partial charge >= 0.3 is 11.7 Å². The van der Waals surface area contributed by atoms with Crippen LogP contribution in [0.4, 0.5) is 4.39 Å². The average Bonchev–Trinajstić information content (AvgIpc) is 2.71. The fourth-order valence-corrected chi connectivity index (χ4v) is 1.62. The maximum Gasteiger partial charge on any atom is 0.344 e. The van der Waals surface area contributed by atoms with E-state index in [0.29, 0.717) is 5.56 Å².